The monoisotopic (exact) mass is 229 g/mol. The molecule has 3 nitrogen and oxygen atoms in total. The molecule has 0 spiro atoms. The van der Waals surface area contributed by atoms with Gasteiger partial charge in [-0.15, -0.1) is 0 Å². The molecular formula is C14H15NO2. The fraction of sp³-hybridized carbons (Fsp3) is 0.214. The van der Waals surface area contributed by atoms with Crippen LogP contribution < -0.4 is 4.90 Å². The van der Waals surface area contributed by atoms with E-state index in [1.807, 2.05) is 43.3 Å². The number of carbonyl (C=O) groups is 1. The van der Waals surface area contributed by atoms with Crippen LogP contribution in [0.15, 0.2) is 47.1 Å². The van der Waals surface area contributed by atoms with Crippen LogP contribution >= 0.6 is 0 Å². The lowest BCUT2D eigenvalue weighted by atomic mass is 10.2. The molecule has 0 bridgehead atoms. The van der Waals surface area contributed by atoms with Gasteiger partial charge in [-0.05, 0) is 31.2 Å². The Morgan fingerprint density at radius 2 is 1.94 bits per heavy atom. The minimum atomic E-state index is 0.00486. The van der Waals surface area contributed by atoms with Crippen molar-refractivity contribution in [2.24, 2.45) is 0 Å². The fourth-order valence-corrected chi connectivity index (χ4v) is 1.67. The third kappa shape index (κ3) is 2.75. The molecule has 0 fully saturated rings. The van der Waals surface area contributed by atoms with Crippen LogP contribution in [0.3, 0.4) is 0 Å². The fourth-order valence-electron chi connectivity index (χ4n) is 1.67. The molecule has 3 heteroatoms. The summed E-state index contributed by atoms with van der Waals surface area (Å²) in [7, 11) is 0. The van der Waals surface area contributed by atoms with Crippen molar-refractivity contribution in [3.63, 3.8) is 0 Å². The molecule has 0 radical (unpaired) electrons. The van der Waals surface area contributed by atoms with Crippen molar-refractivity contribution in [1.82, 2.24) is 0 Å². The van der Waals surface area contributed by atoms with E-state index in [1.54, 1.807) is 18.1 Å². The summed E-state index contributed by atoms with van der Waals surface area (Å²) in [6.07, 6.45) is 1.61. The zero-order valence-corrected chi connectivity index (χ0v) is 10.0. The molecule has 2 rings (SSSR count). The van der Waals surface area contributed by atoms with Gasteiger partial charge in [0.05, 0.1) is 12.8 Å². The van der Waals surface area contributed by atoms with Gasteiger partial charge in [-0.3, -0.25) is 4.79 Å². The van der Waals surface area contributed by atoms with E-state index in [0.29, 0.717) is 6.54 Å². The van der Waals surface area contributed by atoms with Crippen LogP contribution in [0.5, 0.6) is 0 Å². The molecule has 0 aliphatic carbocycles. The smallest absolute Gasteiger partial charge is 0.224 e. The van der Waals surface area contributed by atoms with Gasteiger partial charge in [0, 0.05) is 12.6 Å². The molecule has 1 aromatic carbocycles. The molecule has 0 aliphatic heterocycles. The molecule has 0 unspecified atom stereocenters. The van der Waals surface area contributed by atoms with Crippen molar-refractivity contribution in [2.45, 2.75) is 20.4 Å². The normalized spacial score (nSPS) is 10.2. The summed E-state index contributed by atoms with van der Waals surface area (Å²) in [6.45, 7) is 4.04. The van der Waals surface area contributed by atoms with Crippen molar-refractivity contribution in [2.75, 3.05) is 4.90 Å². The van der Waals surface area contributed by atoms with E-state index in [1.165, 1.54) is 5.56 Å². The second-order valence-electron chi connectivity index (χ2n) is 4.02. The minimum Gasteiger partial charge on any atom is -0.467 e. The number of anilines is 1. The maximum Gasteiger partial charge on any atom is 0.224 e. The Labute approximate surface area is 101 Å². The highest BCUT2D eigenvalue weighted by atomic mass is 16.3. The Kier molecular flexibility index (Phi) is 3.28. The molecule has 1 heterocycles. The predicted molar refractivity (Wildman–Crippen MR) is 66.8 cm³/mol. The third-order valence-corrected chi connectivity index (χ3v) is 2.62. The Hall–Kier alpha value is -2.03. The summed E-state index contributed by atoms with van der Waals surface area (Å²) in [5, 5.41) is 0. The van der Waals surface area contributed by atoms with Crippen LogP contribution in [0, 0.1) is 6.92 Å². The first kappa shape index (κ1) is 11.5. The van der Waals surface area contributed by atoms with E-state index in [2.05, 4.69) is 0 Å². The number of rotatable bonds is 3. The number of carbonyl (C=O) groups excluding carboxylic acids is 1. The predicted octanol–water partition coefficient (Wildman–Crippen LogP) is 3.14. The molecular weight excluding hydrogens is 214 g/mol. The molecule has 0 aliphatic rings. The van der Waals surface area contributed by atoms with Crippen molar-refractivity contribution >= 4 is 11.6 Å². The van der Waals surface area contributed by atoms with Crippen LogP contribution in [-0.4, -0.2) is 5.91 Å². The maximum atomic E-state index is 11.6. The molecule has 2 aromatic rings. The van der Waals surface area contributed by atoms with Gasteiger partial charge in [0.2, 0.25) is 5.91 Å². The average molecular weight is 229 g/mol. The average Bonchev–Trinajstić information content (AvgIpc) is 2.80. The summed E-state index contributed by atoms with van der Waals surface area (Å²) < 4.78 is 5.27. The highest BCUT2D eigenvalue weighted by Gasteiger charge is 2.12. The number of amides is 1. The lowest BCUT2D eigenvalue weighted by Crippen LogP contribution is -2.27. The van der Waals surface area contributed by atoms with Gasteiger partial charge in [-0.1, -0.05) is 17.7 Å². The van der Waals surface area contributed by atoms with Gasteiger partial charge in [0.15, 0.2) is 0 Å². The summed E-state index contributed by atoms with van der Waals surface area (Å²) in [4.78, 5) is 13.3. The number of benzene rings is 1. The molecule has 1 aromatic heterocycles. The second-order valence-corrected chi connectivity index (χ2v) is 4.02. The summed E-state index contributed by atoms with van der Waals surface area (Å²) >= 11 is 0. The molecule has 17 heavy (non-hydrogen) atoms. The van der Waals surface area contributed by atoms with Crippen molar-refractivity contribution in [3.05, 3.63) is 54.0 Å². The van der Waals surface area contributed by atoms with Crippen LogP contribution in [0.4, 0.5) is 5.69 Å². The topological polar surface area (TPSA) is 33.5 Å². The minimum absolute atomic E-state index is 0.00486. The Bertz CT molecular complexity index is 485. The van der Waals surface area contributed by atoms with Gasteiger partial charge in [0.25, 0.3) is 0 Å². The Balaban J connectivity index is 2.23. The summed E-state index contributed by atoms with van der Waals surface area (Å²) in [5.74, 6) is 0.783. The number of hydrogen-bond donors (Lipinski definition) is 0. The molecule has 0 atom stereocenters. The zero-order valence-electron chi connectivity index (χ0n) is 10.0. The lowest BCUT2D eigenvalue weighted by molar-refractivity contribution is -0.116. The van der Waals surface area contributed by atoms with Crippen LogP contribution in [0.2, 0.25) is 0 Å². The standard InChI is InChI=1S/C14H15NO2/c1-11-5-7-13(8-6-11)15(12(2)16)10-14-4-3-9-17-14/h3-9H,10H2,1-2H3. The van der Waals surface area contributed by atoms with Crippen molar-refractivity contribution < 1.29 is 9.21 Å². The van der Waals surface area contributed by atoms with Crippen molar-refractivity contribution in [3.8, 4) is 0 Å². The first-order valence-corrected chi connectivity index (χ1v) is 5.54. The molecule has 0 saturated carbocycles. The SMILES string of the molecule is CC(=O)N(Cc1ccco1)c1ccc(C)cc1. The molecule has 1 amide bonds. The largest absolute Gasteiger partial charge is 0.467 e. The van der Waals surface area contributed by atoms with E-state index in [9.17, 15) is 4.79 Å². The summed E-state index contributed by atoms with van der Waals surface area (Å²) in [6, 6.07) is 11.6. The first-order chi connectivity index (χ1) is 8.16. The number of aryl methyl sites for hydroxylation is 1. The maximum absolute atomic E-state index is 11.6. The van der Waals surface area contributed by atoms with E-state index < -0.39 is 0 Å². The van der Waals surface area contributed by atoms with Gasteiger partial charge in [-0.2, -0.15) is 0 Å². The Morgan fingerprint density at radius 3 is 2.47 bits per heavy atom. The Morgan fingerprint density at radius 1 is 1.24 bits per heavy atom. The van der Waals surface area contributed by atoms with Crippen LogP contribution in [-0.2, 0) is 11.3 Å². The van der Waals surface area contributed by atoms with E-state index in [-0.39, 0.29) is 5.91 Å². The van der Waals surface area contributed by atoms with E-state index in [0.717, 1.165) is 11.4 Å². The third-order valence-electron chi connectivity index (χ3n) is 2.62. The second kappa shape index (κ2) is 4.87. The highest BCUT2D eigenvalue weighted by Crippen LogP contribution is 2.18. The van der Waals surface area contributed by atoms with E-state index in [4.69, 9.17) is 4.42 Å². The van der Waals surface area contributed by atoms with E-state index >= 15 is 0 Å². The quantitative estimate of drug-likeness (QED) is 0.810. The van der Waals surface area contributed by atoms with Gasteiger partial charge in [-0.25, -0.2) is 0 Å². The van der Waals surface area contributed by atoms with Gasteiger partial charge < -0.3 is 9.32 Å². The molecule has 0 N–H and O–H groups in total. The summed E-state index contributed by atoms with van der Waals surface area (Å²) in [5.41, 5.74) is 2.06. The number of furan rings is 1. The van der Waals surface area contributed by atoms with Crippen LogP contribution in [0.25, 0.3) is 0 Å². The molecule has 88 valence electrons. The van der Waals surface area contributed by atoms with Gasteiger partial charge >= 0.3 is 0 Å². The number of hydrogen-bond acceptors (Lipinski definition) is 2. The number of nitrogens with zero attached hydrogens (tertiary/aromatic N) is 1. The highest BCUT2D eigenvalue weighted by molar-refractivity contribution is 5.91. The van der Waals surface area contributed by atoms with Crippen molar-refractivity contribution in [1.29, 1.82) is 0 Å². The van der Waals surface area contributed by atoms with Crippen LogP contribution in [0.1, 0.15) is 18.2 Å². The first-order valence-electron chi connectivity index (χ1n) is 5.54. The lowest BCUT2D eigenvalue weighted by Gasteiger charge is -2.20. The molecule has 0 saturated heterocycles. The van der Waals surface area contributed by atoms with Gasteiger partial charge in [0.1, 0.15) is 5.76 Å². The zero-order chi connectivity index (χ0) is 12.3.